The summed E-state index contributed by atoms with van der Waals surface area (Å²) in [5.74, 6) is 0.769. The summed E-state index contributed by atoms with van der Waals surface area (Å²) in [5, 5.41) is 23.8. The summed E-state index contributed by atoms with van der Waals surface area (Å²) in [6.07, 6.45) is 26.9. The first-order valence-corrected chi connectivity index (χ1v) is 41.4. The van der Waals surface area contributed by atoms with Crippen LogP contribution in [0.5, 0.6) is 11.5 Å². The fourth-order valence-electron chi connectivity index (χ4n) is 14.8. The molecule has 12 aromatic rings. The number of ether oxygens (including phenoxy) is 1. The molecular formula is C102H117N7O4. The van der Waals surface area contributed by atoms with Crippen molar-refractivity contribution in [3.05, 3.63) is 369 Å². The Morgan fingerprint density at radius 1 is 0.310 bits per heavy atom. The van der Waals surface area contributed by atoms with Crippen LogP contribution in [0.1, 0.15) is 188 Å². The van der Waals surface area contributed by atoms with Crippen LogP contribution in [0.2, 0.25) is 0 Å². The van der Waals surface area contributed by atoms with Crippen molar-refractivity contribution in [2.75, 3.05) is 6.54 Å². The average Bonchev–Trinajstić information content (AvgIpc) is 0.811. The first-order valence-electron chi connectivity index (χ1n) is 41.4. The lowest BCUT2D eigenvalue weighted by atomic mass is 9.94. The first kappa shape index (κ1) is 83.1. The largest absolute Gasteiger partial charge is 0.507 e. The second-order valence-electron chi connectivity index (χ2n) is 31.3. The number of aryl methyl sites for hydroxylation is 8. The Labute approximate surface area is 673 Å². The van der Waals surface area contributed by atoms with Gasteiger partial charge in [0.1, 0.15) is 17.1 Å². The van der Waals surface area contributed by atoms with E-state index < -0.39 is 5.60 Å². The molecule has 0 spiro atoms. The van der Waals surface area contributed by atoms with Crippen LogP contribution < -0.4 is 0 Å². The number of amides is 1. The summed E-state index contributed by atoms with van der Waals surface area (Å²) < 4.78 is 6.04. The molecule has 12 rings (SSSR count). The minimum atomic E-state index is -0.662. The molecule has 113 heavy (non-hydrogen) atoms. The SMILES string of the molecule is CCCCCc1ccc(CN(Cc2ccccn2)Cc2cc(CCN(Cc3ccc(-c4ccccc4)cc3)C(=O)OC(C)(C)C)cc(CN(Cc3ccc(CCCCC)cc3)Cc3ccccn3)c2O)cc1.Oc1c(CCCc2ccccn2)cc(CCCCc2ccc(-c3ccccc3)cc2)cc1CCCc1ccccn1. The minimum absolute atomic E-state index is 0.288. The van der Waals surface area contributed by atoms with E-state index in [1.54, 1.807) is 0 Å². The number of pyridine rings is 4. The number of nitrogens with zero attached hydrogens (tertiary/aromatic N) is 7. The van der Waals surface area contributed by atoms with Crippen LogP contribution in [0, 0.1) is 0 Å². The van der Waals surface area contributed by atoms with E-state index in [1.807, 2.05) is 117 Å². The van der Waals surface area contributed by atoms with Gasteiger partial charge in [-0.25, -0.2) is 4.79 Å². The lowest BCUT2D eigenvalue weighted by Crippen LogP contribution is -2.37. The number of carbonyl (C=O) groups is 1. The van der Waals surface area contributed by atoms with Crippen molar-refractivity contribution in [2.45, 2.75) is 208 Å². The molecule has 1 amide bonds. The molecule has 0 aliphatic rings. The molecule has 0 unspecified atom stereocenters. The maximum absolute atomic E-state index is 14.1. The number of phenols is 2. The number of hydrogen-bond donors (Lipinski definition) is 2. The van der Waals surface area contributed by atoms with Crippen molar-refractivity contribution in [1.29, 1.82) is 0 Å². The summed E-state index contributed by atoms with van der Waals surface area (Å²) >= 11 is 0. The van der Waals surface area contributed by atoms with E-state index in [4.69, 9.17) is 14.7 Å². The van der Waals surface area contributed by atoms with Crippen LogP contribution in [0.3, 0.4) is 0 Å². The maximum atomic E-state index is 14.1. The number of aromatic hydroxyl groups is 2. The quantitative estimate of drug-likeness (QED) is 0.0358. The Hall–Kier alpha value is -10.9. The summed E-state index contributed by atoms with van der Waals surface area (Å²) in [4.78, 5) is 39.0. The number of hydrogen-bond acceptors (Lipinski definition) is 10. The number of benzene rings is 8. The van der Waals surface area contributed by atoms with Crippen LogP contribution in [-0.4, -0.2) is 63.1 Å². The Bertz CT molecular complexity index is 4530. The van der Waals surface area contributed by atoms with Crippen LogP contribution in [0.15, 0.2) is 280 Å². The van der Waals surface area contributed by atoms with Gasteiger partial charge in [-0.1, -0.05) is 246 Å². The fourth-order valence-corrected chi connectivity index (χ4v) is 14.8. The normalized spacial score (nSPS) is 11.4. The van der Waals surface area contributed by atoms with Gasteiger partial charge in [-0.3, -0.25) is 29.7 Å². The lowest BCUT2D eigenvalue weighted by Gasteiger charge is -2.28. The lowest BCUT2D eigenvalue weighted by molar-refractivity contribution is 0.0235. The van der Waals surface area contributed by atoms with Crippen LogP contribution >= 0.6 is 0 Å². The number of carbonyl (C=O) groups excluding carboxylic acids is 1. The maximum Gasteiger partial charge on any atom is 0.410 e. The summed E-state index contributed by atoms with van der Waals surface area (Å²) in [6, 6.07) is 89.4. The second kappa shape index (κ2) is 44.4. The average molecular weight is 1510 g/mol. The molecule has 0 radical (unpaired) electrons. The molecule has 0 fully saturated rings. The third-order valence-corrected chi connectivity index (χ3v) is 20.9. The standard InChI is InChI=1S/C64H77N5O3.C38H40N2O/c1-6-8-11-19-50-25-29-52(30-26-50)43-67(48-60-23-15-17-38-65-60)46-58-41-55(37-40-69(63(71)72-64(3,4)5)45-54-33-35-57(36-34-54)56-21-13-10-14-22-56)42-59(62(58)70)47-68(49-61-24-16-18-39-66-61)44-53-31-27-51(28-32-53)20-12-9-7-2;41-38-34(16-10-20-36-18-6-8-26-39-36)28-31(29-35(38)17-11-21-37-19-7-9-27-40-37)13-5-4-12-30-22-24-33(25-23-30)32-14-2-1-3-15-32/h10,13-18,21-36,38-39,41-42,70H,6-9,11-12,19-20,37,40,43-49H2,1-5H3;1-3,6-9,14-15,18-19,22-29,41H,4-5,10-13,16-17,20-21H2. The number of unbranched alkanes of at least 4 members (excludes halogenated alkanes) is 5. The van der Waals surface area contributed by atoms with Gasteiger partial charge in [-0.05, 0) is 244 Å². The summed E-state index contributed by atoms with van der Waals surface area (Å²) in [6.45, 7) is 14.6. The summed E-state index contributed by atoms with van der Waals surface area (Å²) in [7, 11) is 0. The van der Waals surface area contributed by atoms with Crippen molar-refractivity contribution in [1.82, 2.24) is 34.6 Å². The van der Waals surface area contributed by atoms with E-state index in [-0.39, 0.29) is 11.8 Å². The second-order valence-corrected chi connectivity index (χ2v) is 31.3. The zero-order valence-electron chi connectivity index (χ0n) is 67.5. The monoisotopic (exact) mass is 1500 g/mol. The highest BCUT2D eigenvalue weighted by molar-refractivity contribution is 5.69. The van der Waals surface area contributed by atoms with E-state index in [1.165, 1.54) is 83.0 Å². The minimum Gasteiger partial charge on any atom is -0.507 e. The third-order valence-electron chi connectivity index (χ3n) is 20.9. The zero-order chi connectivity index (χ0) is 78.7. The molecular weight excluding hydrogens is 1390 g/mol. The summed E-state index contributed by atoms with van der Waals surface area (Å²) in [5.41, 5.74) is 22.0. The molecule has 0 aliphatic carbocycles. The molecule has 4 heterocycles. The number of rotatable bonds is 40. The van der Waals surface area contributed by atoms with Gasteiger partial charge in [0, 0.05) is 99.7 Å². The Balaban J connectivity index is 0.000000259. The molecule has 8 aromatic carbocycles. The predicted octanol–water partition coefficient (Wildman–Crippen LogP) is 23.5. The molecule has 0 bridgehead atoms. The van der Waals surface area contributed by atoms with E-state index in [0.29, 0.717) is 64.5 Å². The van der Waals surface area contributed by atoms with Gasteiger partial charge in [0.15, 0.2) is 0 Å². The number of aromatic nitrogens is 4. The topological polar surface area (TPSA) is 128 Å². The third kappa shape index (κ3) is 28.1. The van der Waals surface area contributed by atoms with Gasteiger partial charge < -0.3 is 19.8 Å². The van der Waals surface area contributed by atoms with Crippen molar-refractivity contribution in [3.8, 4) is 33.8 Å². The highest BCUT2D eigenvalue weighted by atomic mass is 16.6. The van der Waals surface area contributed by atoms with Gasteiger partial charge in [-0.15, -0.1) is 0 Å². The van der Waals surface area contributed by atoms with Gasteiger partial charge in [0.25, 0.3) is 0 Å². The van der Waals surface area contributed by atoms with E-state index in [9.17, 15) is 15.0 Å². The molecule has 0 saturated heterocycles. The van der Waals surface area contributed by atoms with Crippen molar-refractivity contribution >= 4 is 6.09 Å². The first-order chi connectivity index (χ1) is 55.2. The number of phenolic OH excluding ortho intramolecular Hbond substituents is 2. The van der Waals surface area contributed by atoms with Crippen molar-refractivity contribution < 1.29 is 19.7 Å². The van der Waals surface area contributed by atoms with Gasteiger partial charge >= 0.3 is 6.09 Å². The zero-order valence-corrected chi connectivity index (χ0v) is 67.5. The predicted molar refractivity (Wildman–Crippen MR) is 463 cm³/mol. The van der Waals surface area contributed by atoms with Gasteiger partial charge in [0.05, 0.1) is 11.4 Å². The van der Waals surface area contributed by atoms with E-state index in [0.717, 1.165) is 144 Å². The molecule has 0 saturated carbocycles. The van der Waals surface area contributed by atoms with Gasteiger partial charge in [-0.2, -0.15) is 0 Å². The van der Waals surface area contributed by atoms with Crippen LogP contribution in [-0.2, 0) is 108 Å². The smallest absolute Gasteiger partial charge is 0.410 e. The molecule has 11 nitrogen and oxygen atoms in total. The van der Waals surface area contributed by atoms with Crippen LogP contribution in [0.25, 0.3) is 22.3 Å². The molecule has 584 valence electrons. The Morgan fingerprint density at radius 3 is 1.04 bits per heavy atom. The highest BCUT2D eigenvalue weighted by Crippen LogP contribution is 2.33. The molecule has 11 heteroatoms. The van der Waals surface area contributed by atoms with E-state index in [2.05, 4.69) is 222 Å². The molecule has 4 aromatic heterocycles. The molecule has 0 atom stereocenters. The highest BCUT2D eigenvalue weighted by Gasteiger charge is 2.25. The fraction of sp³-hybridized carbons (Fsp3) is 0.324. The van der Waals surface area contributed by atoms with E-state index >= 15 is 0 Å². The Kier molecular flexibility index (Phi) is 32.7. The molecule has 0 aliphatic heterocycles. The van der Waals surface area contributed by atoms with Crippen molar-refractivity contribution in [3.63, 3.8) is 0 Å². The molecule has 2 N–H and O–H groups in total. The van der Waals surface area contributed by atoms with Crippen molar-refractivity contribution in [2.24, 2.45) is 0 Å². The Morgan fingerprint density at radius 2 is 0.637 bits per heavy atom. The van der Waals surface area contributed by atoms with Gasteiger partial charge in [0.2, 0.25) is 0 Å². The van der Waals surface area contributed by atoms with Crippen LogP contribution in [0.4, 0.5) is 4.79 Å².